The number of rotatable bonds is 2. The summed E-state index contributed by atoms with van der Waals surface area (Å²) in [4.78, 5) is 0.412. The zero-order chi connectivity index (χ0) is 10.1. The highest BCUT2D eigenvalue weighted by Crippen LogP contribution is 2.15. The molecule has 13 heavy (non-hydrogen) atoms. The molecule has 0 aliphatic heterocycles. The Balaban J connectivity index is 3.20. The quantitative estimate of drug-likeness (QED) is 0.512. The van der Waals surface area contributed by atoms with Crippen molar-refractivity contribution in [3.8, 4) is 0 Å². The molecule has 0 amide bonds. The van der Waals surface area contributed by atoms with Crippen molar-refractivity contribution in [1.82, 2.24) is 0 Å². The predicted molar refractivity (Wildman–Crippen MR) is 52.6 cm³/mol. The van der Waals surface area contributed by atoms with Crippen molar-refractivity contribution in [3.05, 3.63) is 24.3 Å². The van der Waals surface area contributed by atoms with Crippen LogP contribution in [0.2, 0.25) is 0 Å². The van der Waals surface area contributed by atoms with E-state index in [1.807, 2.05) is 0 Å². The number of hydrogen-bond acceptors (Lipinski definition) is 0. The summed E-state index contributed by atoms with van der Waals surface area (Å²) < 4.78 is 37.4. The van der Waals surface area contributed by atoms with Gasteiger partial charge in [-0.05, 0) is 6.07 Å². The second kappa shape index (κ2) is 3.66. The summed E-state index contributed by atoms with van der Waals surface area (Å²) in [5.41, 5.74) is -0.448. The van der Waals surface area contributed by atoms with Gasteiger partial charge in [0, 0.05) is 10.9 Å². The van der Waals surface area contributed by atoms with Crippen LogP contribution >= 0.6 is 0 Å². The molecule has 5 heteroatoms. The van der Waals surface area contributed by atoms with Crippen molar-refractivity contribution in [2.45, 2.75) is 4.90 Å². The second-order valence-electron chi connectivity index (χ2n) is 2.93. The molecule has 0 aromatic heterocycles. The minimum atomic E-state index is -4.86. The smallest absolute Gasteiger partial charge is 0.445 e. The Labute approximate surface area is 78.6 Å². The van der Waals surface area contributed by atoms with E-state index < -0.39 is 12.4 Å². The fourth-order valence-electron chi connectivity index (χ4n) is 1.12. The molecular weight excluding hydrogens is 196 g/mol. The highest BCUT2D eigenvalue weighted by Gasteiger charge is 2.31. The van der Waals surface area contributed by atoms with Gasteiger partial charge in [0.25, 0.3) is 0 Å². The van der Waals surface area contributed by atoms with Crippen LogP contribution in [-0.2, 0) is 10.9 Å². The van der Waals surface area contributed by atoms with E-state index in [0.29, 0.717) is 4.90 Å². The Hall–Kier alpha value is -0.575. The van der Waals surface area contributed by atoms with Crippen molar-refractivity contribution < 1.29 is 12.9 Å². The largest absolute Gasteiger partial charge is 0.514 e. The SMILES string of the molecule is C[S+](C)c1ccccc1[B-](F)(F)F. The zero-order valence-corrected chi connectivity index (χ0v) is 8.25. The van der Waals surface area contributed by atoms with Gasteiger partial charge in [0.15, 0.2) is 0 Å². The first-order valence-corrected chi connectivity index (χ1v) is 5.83. The lowest BCUT2D eigenvalue weighted by Gasteiger charge is -2.16. The summed E-state index contributed by atoms with van der Waals surface area (Å²) in [7, 11) is -0.341. The van der Waals surface area contributed by atoms with E-state index in [2.05, 4.69) is 0 Å². The Morgan fingerprint density at radius 1 is 1.08 bits per heavy atom. The molecule has 0 bridgehead atoms. The average Bonchev–Trinajstić information content (AvgIpc) is 2.03. The molecule has 0 aliphatic rings. The molecule has 0 heterocycles. The molecule has 0 unspecified atom stereocenters. The molecule has 1 aromatic rings. The summed E-state index contributed by atoms with van der Waals surface area (Å²) in [6.07, 6.45) is 3.58. The van der Waals surface area contributed by atoms with Crippen molar-refractivity contribution in [3.63, 3.8) is 0 Å². The second-order valence-corrected chi connectivity index (χ2v) is 5.00. The van der Waals surface area contributed by atoms with Gasteiger partial charge in [-0.15, -0.1) is 0 Å². The number of benzene rings is 1. The first-order valence-electron chi connectivity index (χ1n) is 3.79. The van der Waals surface area contributed by atoms with E-state index in [1.54, 1.807) is 24.6 Å². The van der Waals surface area contributed by atoms with Gasteiger partial charge in [-0.25, -0.2) is 0 Å². The summed E-state index contributed by atoms with van der Waals surface area (Å²) >= 11 is 0. The van der Waals surface area contributed by atoms with Crippen LogP contribution in [0.25, 0.3) is 0 Å². The maximum atomic E-state index is 12.5. The van der Waals surface area contributed by atoms with Crippen molar-refractivity contribution in [2.24, 2.45) is 0 Å². The van der Waals surface area contributed by atoms with E-state index >= 15 is 0 Å². The third kappa shape index (κ3) is 2.43. The first kappa shape index (κ1) is 10.5. The Bertz CT molecular complexity index is 296. The minimum absolute atomic E-state index is 0.341. The van der Waals surface area contributed by atoms with Crippen LogP contribution < -0.4 is 5.46 Å². The van der Waals surface area contributed by atoms with Gasteiger partial charge in [0.2, 0.25) is 0 Å². The fraction of sp³-hybridized carbons (Fsp3) is 0.250. The summed E-state index contributed by atoms with van der Waals surface area (Å²) in [5.74, 6) is 0. The lowest BCUT2D eigenvalue weighted by Crippen LogP contribution is -2.37. The summed E-state index contributed by atoms with van der Waals surface area (Å²) in [6, 6.07) is 5.78. The number of hydrogen-bond donors (Lipinski definition) is 0. The van der Waals surface area contributed by atoms with Crippen molar-refractivity contribution >= 4 is 23.3 Å². The van der Waals surface area contributed by atoms with E-state index in [9.17, 15) is 12.9 Å². The topological polar surface area (TPSA) is 0 Å². The maximum absolute atomic E-state index is 12.5. The molecule has 1 rings (SSSR count). The molecule has 0 fully saturated rings. The molecule has 0 radical (unpaired) electrons. The van der Waals surface area contributed by atoms with Crippen LogP contribution in [0.1, 0.15) is 0 Å². The van der Waals surface area contributed by atoms with E-state index in [4.69, 9.17) is 0 Å². The van der Waals surface area contributed by atoms with Crippen LogP contribution in [0.15, 0.2) is 29.2 Å². The van der Waals surface area contributed by atoms with Crippen LogP contribution in [0.5, 0.6) is 0 Å². The van der Waals surface area contributed by atoms with E-state index in [1.165, 1.54) is 6.07 Å². The number of halogens is 3. The average molecular weight is 206 g/mol. The molecule has 0 atom stereocenters. The molecule has 0 saturated heterocycles. The molecule has 72 valence electrons. The zero-order valence-electron chi connectivity index (χ0n) is 7.43. The van der Waals surface area contributed by atoms with E-state index in [0.717, 1.165) is 6.07 Å². The van der Waals surface area contributed by atoms with Crippen LogP contribution in [0.3, 0.4) is 0 Å². The Morgan fingerprint density at radius 2 is 1.62 bits per heavy atom. The first-order chi connectivity index (χ1) is 5.93. The highest BCUT2D eigenvalue weighted by atomic mass is 32.2. The molecular formula is C8H10BF3S. The molecule has 0 saturated carbocycles. The van der Waals surface area contributed by atoms with Crippen molar-refractivity contribution in [2.75, 3.05) is 12.5 Å². The minimum Gasteiger partial charge on any atom is -0.445 e. The summed E-state index contributed by atoms with van der Waals surface area (Å²) in [6.45, 7) is -4.86. The van der Waals surface area contributed by atoms with Crippen LogP contribution in [0.4, 0.5) is 12.9 Å². The van der Waals surface area contributed by atoms with Crippen LogP contribution in [0, 0.1) is 0 Å². The third-order valence-corrected chi connectivity index (χ3v) is 2.96. The normalized spacial score (nSPS) is 12.2. The van der Waals surface area contributed by atoms with Gasteiger partial charge in [-0.3, -0.25) is 0 Å². The predicted octanol–water partition coefficient (Wildman–Crippen LogP) is 1.98. The van der Waals surface area contributed by atoms with Gasteiger partial charge >= 0.3 is 6.98 Å². The molecule has 0 nitrogen and oxygen atoms in total. The fourth-order valence-corrected chi connectivity index (χ4v) is 2.15. The lowest BCUT2D eigenvalue weighted by atomic mass is 9.80. The molecule has 0 aliphatic carbocycles. The molecule has 1 aromatic carbocycles. The monoisotopic (exact) mass is 206 g/mol. The maximum Gasteiger partial charge on any atom is 0.514 e. The van der Waals surface area contributed by atoms with Gasteiger partial charge in [-0.1, -0.05) is 23.7 Å². The van der Waals surface area contributed by atoms with Gasteiger partial charge < -0.3 is 12.9 Å². The van der Waals surface area contributed by atoms with Gasteiger partial charge in [-0.2, -0.15) is 0 Å². The molecule has 0 spiro atoms. The Kier molecular flexibility index (Phi) is 2.96. The van der Waals surface area contributed by atoms with Gasteiger partial charge in [0.05, 0.1) is 0 Å². The van der Waals surface area contributed by atoms with Crippen molar-refractivity contribution in [1.29, 1.82) is 0 Å². The summed E-state index contributed by atoms with van der Waals surface area (Å²) in [5, 5.41) is 0. The highest BCUT2D eigenvalue weighted by molar-refractivity contribution is 7.95. The lowest BCUT2D eigenvalue weighted by molar-refractivity contribution is 0.499. The van der Waals surface area contributed by atoms with E-state index in [-0.39, 0.29) is 10.9 Å². The standard InChI is InChI=1S/C8H10BF3S/c1-13(2)8-6-4-3-5-7(8)9(10,11)12/h3-6H,1-2H3. The van der Waals surface area contributed by atoms with Crippen LogP contribution in [-0.4, -0.2) is 19.5 Å². The Morgan fingerprint density at radius 3 is 2.00 bits per heavy atom. The third-order valence-electron chi connectivity index (χ3n) is 1.71. The molecule has 0 N–H and O–H groups in total. The van der Waals surface area contributed by atoms with Gasteiger partial charge in [0.1, 0.15) is 17.4 Å².